The summed E-state index contributed by atoms with van der Waals surface area (Å²) >= 11 is 6.15. The van der Waals surface area contributed by atoms with Crippen molar-refractivity contribution in [2.75, 3.05) is 27.4 Å². The van der Waals surface area contributed by atoms with E-state index in [0.717, 1.165) is 49.4 Å². The maximum atomic E-state index is 12.1. The van der Waals surface area contributed by atoms with Crippen LogP contribution in [0.15, 0.2) is 36.4 Å². The van der Waals surface area contributed by atoms with Crippen molar-refractivity contribution in [1.29, 1.82) is 0 Å². The average molecular weight is 606 g/mol. The molecule has 2 aromatic carbocycles. The SMILES string of the molecule is COC(=O)c1ccc(CC2CCC2)c(Cl)c1.COC(=O)c1ccc2c(c1)c1c(n2C2CCC2)CCC(C2CCOCC2)C1. The molecule has 3 aromatic rings. The van der Waals surface area contributed by atoms with Gasteiger partial charge in [0.1, 0.15) is 0 Å². The van der Waals surface area contributed by atoms with E-state index in [-0.39, 0.29) is 11.9 Å². The largest absolute Gasteiger partial charge is 0.465 e. The fourth-order valence-corrected chi connectivity index (χ4v) is 7.74. The summed E-state index contributed by atoms with van der Waals surface area (Å²) in [5.74, 6) is 1.75. The van der Waals surface area contributed by atoms with Gasteiger partial charge < -0.3 is 18.8 Å². The van der Waals surface area contributed by atoms with Crippen molar-refractivity contribution >= 4 is 34.4 Å². The highest BCUT2D eigenvalue weighted by Crippen LogP contribution is 2.44. The number of nitrogens with zero attached hydrogens (tertiary/aromatic N) is 1. The molecule has 1 atom stereocenters. The van der Waals surface area contributed by atoms with Crippen LogP contribution in [0.3, 0.4) is 0 Å². The highest BCUT2D eigenvalue weighted by atomic mass is 35.5. The van der Waals surface area contributed by atoms with Crippen LogP contribution in [0.25, 0.3) is 10.9 Å². The van der Waals surface area contributed by atoms with Gasteiger partial charge >= 0.3 is 11.9 Å². The molecule has 0 spiro atoms. The van der Waals surface area contributed by atoms with Crippen molar-refractivity contribution in [1.82, 2.24) is 4.57 Å². The third-order valence-electron chi connectivity index (χ3n) is 10.4. The Bertz CT molecular complexity index is 1460. The maximum absolute atomic E-state index is 12.1. The lowest BCUT2D eigenvalue weighted by Gasteiger charge is -2.35. The second-order valence-corrected chi connectivity index (χ2v) is 13.3. The molecule has 0 N–H and O–H groups in total. The van der Waals surface area contributed by atoms with Crippen molar-refractivity contribution in [2.24, 2.45) is 17.8 Å². The number of ether oxygens (including phenoxy) is 3. The number of halogens is 1. The number of carbonyl (C=O) groups is 2. The van der Waals surface area contributed by atoms with Crippen molar-refractivity contribution in [3.05, 3.63) is 69.4 Å². The lowest BCUT2D eigenvalue weighted by molar-refractivity contribution is 0.0438. The Balaban J connectivity index is 0.000000176. The van der Waals surface area contributed by atoms with Crippen molar-refractivity contribution in [3.63, 3.8) is 0 Å². The van der Waals surface area contributed by atoms with E-state index in [0.29, 0.717) is 22.2 Å². The van der Waals surface area contributed by atoms with E-state index >= 15 is 0 Å². The van der Waals surface area contributed by atoms with Crippen LogP contribution in [0.1, 0.15) is 101 Å². The van der Waals surface area contributed by atoms with Crippen molar-refractivity contribution in [2.45, 2.75) is 83.1 Å². The van der Waals surface area contributed by atoms with Gasteiger partial charge in [0.05, 0.1) is 25.3 Å². The molecule has 0 bridgehead atoms. The van der Waals surface area contributed by atoms with Crippen LogP contribution in [0.2, 0.25) is 5.02 Å². The Labute approximate surface area is 260 Å². The Morgan fingerprint density at radius 2 is 1.53 bits per heavy atom. The Hall–Kier alpha value is -2.83. The van der Waals surface area contributed by atoms with Crippen LogP contribution in [-0.2, 0) is 33.5 Å². The van der Waals surface area contributed by atoms with Crippen LogP contribution in [0.5, 0.6) is 0 Å². The molecule has 3 aliphatic carbocycles. The molecule has 2 saturated carbocycles. The summed E-state index contributed by atoms with van der Waals surface area (Å²) in [5, 5.41) is 1.96. The van der Waals surface area contributed by atoms with Crippen LogP contribution < -0.4 is 0 Å². The smallest absolute Gasteiger partial charge is 0.337 e. The van der Waals surface area contributed by atoms with Gasteiger partial charge in [-0.2, -0.15) is 0 Å². The van der Waals surface area contributed by atoms with E-state index in [4.69, 9.17) is 21.1 Å². The first-order valence-electron chi connectivity index (χ1n) is 16.1. The minimum atomic E-state index is -0.336. The minimum absolute atomic E-state index is 0.237. The number of fused-ring (bicyclic) bond motifs is 3. The molecule has 6 nitrogen and oxygen atoms in total. The molecule has 3 fully saturated rings. The molecule has 230 valence electrons. The average Bonchev–Trinajstić information content (AvgIpc) is 3.31. The van der Waals surface area contributed by atoms with Gasteiger partial charge in [0, 0.05) is 40.9 Å². The van der Waals surface area contributed by atoms with E-state index in [1.807, 2.05) is 12.1 Å². The summed E-state index contributed by atoms with van der Waals surface area (Å²) in [6.45, 7) is 1.84. The van der Waals surface area contributed by atoms with Gasteiger partial charge in [-0.25, -0.2) is 9.59 Å². The zero-order valence-electron chi connectivity index (χ0n) is 25.5. The van der Waals surface area contributed by atoms with Crippen LogP contribution in [0.4, 0.5) is 0 Å². The topological polar surface area (TPSA) is 66.8 Å². The predicted molar refractivity (Wildman–Crippen MR) is 169 cm³/mol. The number of rotatable bonds is 6. The fourth-order valence-electron chi connectivity index (χ4n) is 7.48. The fraction of sp³-hybridized carbons (Fsp3) is 0.556. The van der Waals surface area contributed by atoms with Gasteiger partial charge in [-0.1, -0.05) is 36.9 Å². The zero-order chi connectivity index (χ0) is 29.9. The van der Waals surface area contributed by atoms with E-state index in [1.54, 1.807) is 17.8 Å². The first-order chi connectivity index (χ1) is 21.0. The predicted octanol–water partition coefficient (Wildman–Crippen LogP) is 8.15. The first-order valence-corrected chi connectivity index (χ1v) is 16.5. The Morgan fingerprint density at radius 3 is 2.14 bits per heavy atom. The molecular weight excluding hydrogens is 562 g/mol. The summed E-state index contributed by atoms with van der Waals surface area (Å²) in [6, 6.07) is 12.2. The van der Waals surface area contributed by atoms with E-state index in [2.05, 4.69) is 21.4 Å². The Kier molecular flexibility index (Phi) is 9.44. The van der Waals surface area contributed by atoms with Crippen molar-refractivity contribution in [3.8, 4) is 0 Å². The molecule has 7 heteroatoms. The molecule has 43 heavy (non-hydrogen) atoms. The summed E-state index contributed by atoms with van der Waals surface area (Å²) < 4.78 is 17.8. The second-order valence-electron chi connectivity index (χ2n) is 12.9. The van der Waals surface area contributed by atoms with Gasteiger partial charge in [-0.05, 0) is 117 Å². The molecule has 1 unspecified atom stereocenters. The number of hydrogen-bond acceptors (Lipinski definition) is 5. The van der Waals surface area contributed by atoms with E-state index in [9.17, 15) is 9.59 Å². The summed E-state index contributed by atoms with van der Waals surface area (Å²) in [7, 11) is 2.83. The molecule has 1 aromatic heterocycles. The molecule has 2 heterocycles. The van der Waals surface area contributed by atoms with Crippen LogP contribution in [0, 0.1) is 17.8 Å². The first kappa shape index (κ1) is 30.2. The number of esters is 2. The highest BCUT2D eigenvalue weighted by molar-refractivity contribution is 6.31. The second kappa shape index (κ2) is 13.4. The molecule has 7 rings (SSSR count). The van der Waals surface area contributed by atoms with Gasteiger partial charge in [0.2, 0.25) is 0 Å². The molecular formula is C36H44ClNO5. The van der Waals surface area contributed by atoms with Gasteiger partial charge in [-0.15, -0.1) is 0 Å². The lowest BCUT2D eigenvalue weighted by atomic mass is 9.75. The molecule has 0 radical (unpaired) electrons. The van der Waals surface area contributed by atoms with Gasteiger partial charge in [0.25, 0.3) is 0 Å². The van der Waals surface area contributed by atoms with E-state index in [1.165, 1.54) is 94.9 Å². The summed E-state index contributed by atoms with van der Waals surface area (Å²) in [6.07, 6.45) is 14.9. The van der Waals surface area contributed by atoms with Crippen LogP contribution >= 0.6 is 11.6 Å². The zero-order valence-corrected chi connectivity index (χ0v) is 26.3. The monoisotopic (exact) mass is 605 g/mol. The number of benzene rings is 2. The number of hydrogen-bond donors (Lipinski definition) is 0. The van der Waals surface area contributed by atoms with Gasteiger partial charge in [-0.3, -0.25) is 0 Å². The summed E-state index contributed by atoms with van der Waals surface area (Å²) in [5.41, 5.74) is 6.70. The standard InChI is InChI=1S/C23H29NO3.C13H15ClO2/c1-26-23(25)17-6-8-22-20(14-17)19-13-16(15-9-11-27-12-10-15)5-7-21(19)24(22)18-3-2-4-18;1-16-13(15)11-6-5-10(12(14)8-11)7-9-3-2-4-9/h6,8,14-16,18H,2-5,7,9-13H2,1H3;5-6,8-9H,2-4,7H2,1H3. The molecule has 1 aliphatic heterocycles. The molecule has 4 aliphatic rings. The number of carbonyl (C=O) groups excluding carboxylic acids is 2. The van der Waals surface area contributed by atoms with E-state index < -0.39 is 0 Å². The minimum Gasteiger partial charge on any atom is -0.465 e. The Morgan fingerprint density at radius 1 is 0.860 bits per heavy atom. The van der Waals surface area contributed by atoms with Crippen molar-refractivity contribution < 1.29 is 23.8 Å². The lowest BCUT2D eigenvalue weighted by Crippen LogP contribution is -2.29. The maximum Gasteiger partial charge on any atom is 0.337 e. The summed E-state index contributed by atoms with van der Waals surface area (Å²) in [4.78, 5) is 23.4. The third-order valence-corrected chi connectivity index (χ3v) is 10.8. The third kappa shape index (κ3) is 6.37. The van der Waals surface area contributed by atoms with Gasteiger partial charge in [0.15, 0.2) is 0 Å². The number of methoxy groups -OCH3 is 2. The molecule has 1 saturated heterocycles. The highest BCUT2D eigenvalue weighted by Gasteiger charge is 2.34. The van der Waals surface area contributed by atoms with Crippen LogP contribution in [-0.4, -0.2) is 43.9 Å². The number of aromatic nitrogens is 1. The quantitative estimate of drug-likeness (QED) is 0.265. The normalized spacial score (nSPS) is 20.8. The molecule has 0 amide bonds.